The first-order valence-electron chi connectivity index (χ1n) is 13.0. The molecule has 0 atom stereocenters. The number of hydrogen-bond donors (Lipinski definition) is 1. The number of H-pyrrole nitrogens is 1. The Morgan fingerprint density at radius 3 is 2.24 bits per heavy atom. The Morgan fingerprint density at radius 1 is 1.08 bits per heavy atom. The molecule has 0 amide bonds. The summed E-state index contributed by atoms with van der Waals surface area (Å²) < 4.78 is 10.3. The number of piperazine rings is 1. The minimum absolute atomic E-state index is 0.0651. The van der Waals surface area contributed by atoms with Crippen molar-refractivity contribution in [3.8, 4) is 0 Å². The molecule has 0 unspecified atom stereocenters. The molecule has 0 aliphatic carbocycles. The van der Waals surface area contributed by atoms with Crippen molar-refractivity contribution in [2.45, 2.75) is 33.6 Å². The Labute approximate surface area is 228 Å². The first-order chi connectivity index (χ1) is 18.2. The molecular formula is C32H43N3O3. The van der Waals surface area contributed by atoms with Crippen LogP contribution in [0.4, 0.5) is 0 Å². The van der Waals surface area contributed by atoms with Gasteiger partial charge in [-0.3, -0.25) is 4.79 Å². The summed E-state index contributed by atoms with van der Waals surface area (Å²) in [6.07, 6.45) is 14.9. The van der Waals surface area contributed by atoms with Gasteiger partial charge in [0, 0.05) is 60.5 Å². The monoisotopic (exact) mass is 517 g/mol. The van der Waals surface area contributed by atoms with Gasteiger partial charge in [0.2, 0.25) is 5.78 Å². The number of carbonyl (C=O) groups excluding carboxylic acids is 1. The first-order valence-corrected chi connectivity index (χ1v) is 13.0. The molecule has 1 fully saturated rings. The van der Waals surface area contributed by atoms with E-state index >= 15 is 0 Å². The predicted molar refractivity (Wildman–Crippen MR) is 159 cm³/mol. The number of allylic oxidation sites excluding steroid dienone is 8. The van der Waals surface area contributed by atoms with E-state index in [1.54, 1.807) is 32.8 Å². The van der Waals surface area contributed by atoms with Crippen LogP contribution in [0, 0.1) is 6.92 Å². The Balaban J connectivity index is 2.20. The minimum Gasteiger partial charge on any atom is -0.504 e. The maximum absolute atomic E-state index is 13.5. The molecule has 1 aromatic rings. The third kappa shape index (κ3) is 7.31. The Morgan fingerprint density at radius 2 is 1.71 bits per heavy atom. The van der Waals surface area contributed by atoms with Crippen molar-refractivity contribution in [3.63, 3.8) is 0 Å². The van der Waals surface area contributed by atoms with Crippen molar-refractivity contribution < 1.29 is 14.3 Å². The summed E-state index contributed by atoms with van der Waals surface area (Å²) in [6.45, 7) is 25.2. The molecule has 204 valence electrons. The highest BCUT2D eigenvalue weighted by atomic mass is 16.5. The second-order valence-corrected chi connectivity index (χ2v) is 9.01. The largest absolute Gasteiger partial charge is 0.504 e. The number of ketones is 1. The minimum atomic E-state index is -0.0651. The third-order valence-corrected chi connectivity index (χ3v) is 6.75. The van der Waals surface area contributed by atoms with Gasteiger partial charge < -0.3 is 24.3 Å². The zero-order valence-corrected chi connectivity index (χ0v) is 23.7. The highest BCUT2D eigenvalue weighted by Crippen LogP contribution is 2.31. The maximum Gasteiger partial charge on any atom is 0.210 e. The van der Waals surface area contributed by atoms with Gasteiger partial charge in [0.05, 0.1) is 26.2 Å². The second kappa shape index (κ2) is 14.7. The fourth-order valence-corrected chi connectivity index (χ4v) is 4.49. The van der Waals surface area contributed by atoms with Crippen LogP contribution in [-0.4, -0.2) is 61.0 Å². The van der Waals surface area contributed by atoms with Gasteiger partial charge in [0.25, 0.3) is 0 Å². The average molecular weight is 518 g/mol. The molecule has 38 heavy (non-hydrogen) atoms. The van der Waals surface area contributed by atoms with Crippen molar-refractivity contribution in [2.75, 3.05) is 40.4 Å². The molecule has 1 aliphatic rings. The number of rotatable bonds is 14. The van der Waals surface area contributed by atoms with Crippen molar-refractivity contribution in [3.05, 3.63) is 114 Å². The van der Waals surface area contributed by atoms with E-state index in [2.05, 4.69) is 61.0 Å². The van der Waals surface area contributed by atoms with E-state index in [4.69, 9.17) is 9.47 Å². The van der Waals surface area contributed by atoms with Crippen LogP contribution in [0.1, 0.15) is 48.3 Å². The number of aromatic nitrogens is 1. The van der Waals surface area contributed by atoms with Crippen LogP contribution in [0.3, 0.4) is 0 Å². The fourth-order valence-electron chi connectivity index (χ4n) is 4.49. The van der Waals surface area contributed by atoms with E-state index < -0.39 is 0 Å². The van der Waals surface area contributed by atoms with E-state index in [1.807, 2.05) is 25.2 Å². The Bertz CT molecular complexity index is 1170. The summed E-state index contributed by atoms with van der Waals surface area (Å²) >= 11 is 0. The van der Waals surface area contributed by atoms with E-state index in [-0.39, 0.29) is 5.78 Å². The molecule has 0 aromatic carbocycles. The van der Waals surface area contributed by atoms with Crippen LogP contribution < -0.4 is 0 Å². The number of methoxy groups -OCH3 is 2. The molecule has 1 aromatic heterocycles. The predicted octanol–water partition coefficient (Wildman–Crippen LogP) is 6.71. The molecule has 1 aliphatic heterocycles. The van der Waals surface area contributed by atoms with Gasteiger partial charge in [-0.15, -0.1) is 0 Å². The van der Waals surface area contributed by atoms with Gasteiger partial charge >= 0.3 is 0 Å². The van der Waals surface area contributed by atoms with E-state index in [0.29, 0.717) is 43.2 Å². The lowest BCUT2D eigenvalue weighted by Crippen LogP contribution is -2.46. The normalized spacial score (nSPS) is 15.0. The summed E-state index contributed by atoms with van der Waals surface area (Å²) in [4.78, 5) is 21.1. The Kier molecular flexibility index (Phi) is 11.7. The fraction of sp³-hybridized carbons (Fsp3) is 0.344. The van der Waals surface area contributed by atoms with E-state index in [1.165, 1.54) is 5.57 Å². The first kappa shape index (κ1) is 30.3. The number of nitrogens with zero attached hydrogens (tertiary/aromatic N) is 2. The SMILES string of the molecule is C=C/C(=C\C(=C)OC)C(=C)N1CCN(C(=C)C(=O)c2c[nH]c(C(=C\C=C\OC)/C(=C/CC)CC)c2C)CC1. The smallest absolute Gasteiger partial charge is 0.210 e. The maximum atomic E-state index is 13.5. The molecule has 0 saturated carbocycles. The summed E-state index contributed by atoms with van der Waals surface area (Å²) in [6, 6.07) is 0. The molecule has 2 heterocycles. The van der Waals surface area contributed by atoms with Gasteiger partial charge in [0.1, 0.15) is 5.76 Å². The van der Waals surface area contributed by atoms with E-state index in [0.717, 1.165) is 40.9 Å². The zero-order chi connectivity index (χ0) is 28.2. The number of nitrogens with one attached hydrogen (secondary N) is 1. The van der Waals surface area contributed by atoms with Gasteiger partial charge in [-0.25, -0.2) is 0 Å². The highest BCUT2D eigenvalue weighted by Gasteiger charge is 2.26. The standard InChI is InChI=1S/C32H43N3O3/c1-10-14-27(11-2)29(15-13-20-37-8)31-24(5)30(22-33-31)32(36)26(7)35-18-16-34(17-19-35)25(6)28(12-3)21-23(4)38-9/h12-15,20-22,33H,3-4,6-7,10-11,16-19H2,1-2,5,8-9H3/b20-13+,27-14+,28-21+,29-15-. The van der Waals surface area contributed by atoms with Gasteiger partial charge in [-0.2, -0.15) is 0 Å². The number of hydrogen-bond acceptors (Lipinski definition) is 5. The van der Waals surface area contributed by atoms with Crippen molar-refractivity contribution >= 4 is 11.4 Å². The lowest BCUT2D eigenvalue weighted by atomic mass is 9.95. The summed E-state index contributed by atoms with van der Waals surface area (Å²) in [5, 5.41) is 0. The molecule has 6 nitrogen and oxygen atoms in total. The molecule has 1 saturated heterocycles. The summed E-state index contributed by atoms with van der Waals surface area (Å²) in [5.74, 6) is 0.480. The van der Waals surface area contributed by atoms with Crippen molar-refractivity contribution in [1.29, 1.82) is 0 Å². The number of ether oxygens (including phenoxy) is 2. The molecule has 6 heteroatoms. The number of aromatic amines is 1. The van der Waals surface area contributed by atoms with Gasteiger partial charge in [0.15, 0.2) is 0 Å². The molecule has 1 N–H and O–H groups in total. The third-order valence-electron chi connectivity index (χ3n) is 6.75. The lowest BCUT2D eigenvalue weighted by molar-refractivity contribution is 0.0967. The molecule has 0 radical (unpaired) electrons. The van der Waals surface area contributed by atoms with Crippen LogP contribution in [0.25, 0.3) is 5.57 Å². The zero-order valence-electron chi connectivity index (χ0n) is 23.7. The number of carbonyl (C=O) groups is 1. The Hall–Kier alpha value is -3.93. The second-order valence-electron chi connectivity index (χ2n) is 9.01. The number of Topliss-reactive ketones (excluding diaryl/α,β-unsaturated/α-hetero) is 1. The summed E-state index contributed by atoms with van der Waals surface area (Å²) in [5.41, 5.74) is 6.98. The van der Waals surface area contributed by atoms with E-state index in [9.17, 15) is 4.79 Å². The van der Waals surface area contributed by atoms with Gasteiger partial charge in [-0.05, 0) is 49.1 Å². The van der Waals surface area contributed by atoms with Crippen molar-refractivity contribution in [2.24, 2.45) is 0 Å². The quantitative estimate of drug-likeness (QED) is 0.129. The van der Waals surface area contributed by atoms with Gasteiger partial charge in [-0.1, -0.05) is 52.3 Å². The molecular weight excluding hydrogens is 474 g/mol. The van der Waals surface area contributed by atoms with Crippen LogP contribution in [0.15, 0.2) is 97.5 Å². The van der Waals surface area contributed by atoms with Crippen molar-refractivity contribution in [1.82, 2.24) is 14.8 Å². The van der Waals surface area contributed by atoms with Crippen LogP contribution in [-0.2, 0) is 9.47 Å². The lowest BCUT2D eigenvalue weighted by Gasteiger charge is -2.38. The molecule has 0 spiro atoms. The topological polar surface area (TPSA) is 57.8 Å². The van der Waals surface area contributed by atoms with Crippen LogP contribution in [0.2, 0.25) is 0 Å². The highest BCUT2D eigenvalue weighted by molar-refractivity contribution is 6.09. The summed E-state index contributed by atoms with van der Waals surface area (Å²) in [7, 11) is 3.21. The molecule has 2 rings (SSSR count). The van der Waals surface area contributed by atoms with Crippen LogP contribution >= 0.6 is 0 Å². The van der Waals surface area contributed by atoms with Crippen LogP contribution in [0.5, 0.6) is 0 Å². The average Bonchev–Trinajstić information content (AvgIpc) is 3.32. The molecule has 0 bridgehead atoms.